The highest BCUT2D eigenvalue weighted by Crippen LogP contribution is 2.36. The van der Waals surface area contributed by atoms with Crippen LogP contribution in [0.5, 0.6) is 5.75 Å². The molecule has 7 heteroatoms. The molecular weight excluding hydrogens is 406 g/mol. The predicted molar refractivity (Wildman–Crippen MR) is 119 cm³/mol. The number of carbonyl (C=O) groups is 3. The molecule has 7 nitrogen and oxygen atoms in total. The van der Waals surface area contributed by atoms with Crippen LogP contribution in [0.25, 0.3) is 0 Å². The zero-order chi connectivity index (χ0) is 22.5. The van der Waals surface area contributed by atoms with Gasteiger partial charge in [-0.25, -0.2) is 0 Å². The van der Waals surface area contributed by atoms with E-state index in [1.54, 1.807) is 4.90 Å². The number of hydrogen-bond donors (Lipinski definition) is 1. The lowest BCUT2D eigenvalue weighted by Crippen LogP contribution is -2.52. The number of benzene rings is 1. The molecule has 3 aliphatic heterocycles. The van der Waals surface area contributed by atoms with Gasteiger partial charge in [0.05, 0.1) is 0 Å². The lowest BCUT2D eigenvalue weighted by Gasteiger charge is -2.41. The normalized spacial score (nSPS) is 30.4. The average molecular weight is 440 g/mol. The van der Waals surface area contributed by atoms with Crippen LogP contribution in [0, 0.1) is 5.41 Å². The van der Waals surface area contributed by atoms with Gasteiger partial charge in [0, 0.05) is 24.6 Å². The van der Waals surface area contributed by atoms with Crippen LogP contribution >= 0.6 is 0 Å². The van der Waals surface area contributed by atoms with Crippen molar-refractivity contribution in [3.05, 3.63) is 29.3 Å². The van der Waals surface area contributed by atoms with Crippen molar-refractivity contribution in [1.29, 1.82) is 0 Å². The van der Waals surface area contributed by atoms with Gasteiger partial charge in [-0.3, -0.25) is 24.6 Å². The van der Waals surface area contributed by atoms with Crippen LogP contribution in [-0.4, -0.2) is 58.8 Å². The number of ether oxygens (including phenoxy) is 1. The first-order valence-corrected chi connectivity index (χ1v) is 12.0. The summed E-state index contributed by atoms with van der Waals surface area (Å²) in [6.07, 6.45) is 6.70. The maximum Gasteiger partial charge on any atom is 0.255 e. The fourth-order valence-corrected chi connectivity index (χ4v) is 5.72. The second kappa shape index (κ2) is 8.18. The molecular formula is C25H33N3O4. The monoisotopic (exact) mass is 439 g/mol. The van der Waals surface area contributed by atoms with E-state index in [1.807, 2.05) is 18.2 Å². The Kier molecular flexibility index (Phi) is 5.48. The summed E-state index contributed by atoms with van der Waals surface area (Å²) in [7, 11) is 0. The third-order valence-electron chi connectivity index (χ3n) is 7.82. The molecule has 3 fully saturated rings. The first kappa shape index (κ1) is 21.4. The van der Waals surface area contributed by atoms with Gasteiger partial charge in [-0.05, 0) is 80.8 Å². The SMILES string of the molecule is CC1(C)CCN(C2CCCC2Oc2ccc3c(c2)CN(C2CCC(=O)NC2=O)C3=O)CC1. The van der Waals surface area contributed by atoms with E-state index in [2.05, 4.69) is 24.1 Å². The average Bonchev–Trinajstić information content (AvgIpc) is 3.33. The number of rotatable bonds is 4. The number of carbonyl (C=O) groups excluding carboxylic acids is 3. The van der Waals surface area contributed by atoms with Gasteiger partial charge in [0.2, 0.25) is 11.8 Å². The Balaban J connectivity index is 1.26. The van der Waals surface area contributed by atoms with Gasteiger partial charge in [-0.15, -0.1) is 0 Å². The third kappa shape index (κ3) is 4.03. The number of hydrogen-bond acceptors (Lipinski definition) is 5. The number of nitrogens with one attached hydrogen (secondary N) is 1. The molecule has 1 N–H and O–H groups in total. The molecule has 1 aromatic rings. The minimum Gasteiger partial charge on any atom is -0.489 e. The van der Waals surface area contributed by atoms with Crippen LogP contribution in [0.2, 0.25) is 0 Å². The lowest BCUT2D eigenvalue weighted by molar-refractivity contribution is -0.136. The second-order valence-corrected chi connectivity index (χ2v) is 10.6. The van der Waals surface area contributed by atoms with Crippen LogP contribution < -0.4 is 10.1 Å². The van der Waals surface area contributed by atoms with E-state index in [0.29, 0.717) is 30.0 Å². The number of piperidine rings is 2. The molecule has 0 aromatic heterocycles. The van der Waals surface area contributed by atoms with Gasteiger partial charge in [0.15, 0.2) is 0 Å². The van der Waals surface area contributed by atoms with E-state index in [9.17, 15) is 14.4 Å². The van der Waals surface area contributed by atoms with Gasteiger partial charge in [-0.1, -0.05) is 13.8 Å². The van der Waals surface area contributed by atoms with E-state index in [0.717, 1.165) is 30.8 Å². The molecule has 4 aliphatic rings. The van der Waals surface area contributed by atoms with Gasteiger partial charge in [0.25, 0.3) is 5.91 Å². The Morgan fingerprint density at radius 2 is 1.84 bits per heavy atom. The Labute approximate surface area is 189 Å². The van der Waals surface area contributed by atoms with Gasteiger partial charge in [-0.2, -0.15) is 0 Å². The quantitative estimate of drug-likeness (QED) is 0.730. The minimum atomic E-state index is -0.584. The topological polar surface area (TPSA) is 79.0 Å². The number of imide groups is 1. The van der Waals surface area contributed by atoms with Crippen LogP contribution in [0.15, 0.2) is 18.2 Å². The Bertz CT molecular complexity index is 933. The highest BCUT2D eigenvalue weighted by Gasteiger charge is 2.40. The van der Waals surface area contributed by atoms with Crippen molar-refractivity contribution in [3.8, 4) is 5.75 Å². The second-order valence-electron chi connectivity index (χ2n) is 10.6. The maximum atomic E-state index is 12.9. The molecule has 3 amide bonds. The van der Waals surface area contributed by atoms with E-state index in [-0.39, 0.29) is 30.2 Å². The predicted octanol–water partition coefficient (Wildman–Crippen LogP) is 2.87. The summed E-state index contributed by atoms with van der Waals surface area (Å²) in [6, 6.07) is 5.56. The van der Waals surface area contributed by atoms with Crippen molar-refractivity contribution in [2.24, 2.45) is 5.41 Å². The Hall–Kier alpha value is -2.41. The summed E-state index contributed by atoms with van der Waals surface area (Å²) in [5.41, 5.74) is 1.96. The first-order chi connectivity index (χ1) is 15.3. The molecule has 1 aromatic carbocycles. The lowest BCUT2D eigenvalue weighted by atomic mass is 9.82. The van der Waals surface area contributed by atoms with E-state index in [4.69, 9.17) is 4.74 Å². The summed E-state index contributed by atoms with van der Waals surface area (Å²) < 4.78 is 6.47. The van der Waals surface area contributed by atoms with Crippen LogP contribution in [0.4, 0.5) is 0 Å². The molecule has 5 rings (SSSR count). The van der Waals surface area contributed by atoms with Gasteiger partial charge >= 0.3 is 0 Å². The van der Waals surface area contributed by atoms with Gasteiger partial charge in [0.1, 0.15) is 17.9 Å². The minimum absolute atomic E-state index is 0.143. The fourth-order valence-electron chi connectivity index (χ4n) is 5.72. The molecule has 2 saturated heterocycles. The fraction of sp³-hybridized carbons (Fsp3) is 0.640. The van der Waals surface area contributed by atoms with Crippen LogP contribution in [-0.2, 0) is 16.1 Å². The number of nitrogens with zero attached hydrogens (tertiary/aromatic N) is 2. The number of fused-ring (bicyclic) bond motifs is 1. The molecule has 0 bridgehead atoms. The van der Waals surface area contributed by atoms with Crippen molar-refractivity contribution >= 4 is 17.7 Å². The zero-order valence-electron chi connectivity index (χ0n) is 19.1. The third-order valence-corrected chi connectivity index (χ3v) is 7.82. The zero-order valence-corrected chi connectivity index (χ0v) is 19.1. The summed E-state index contributed by atoms with van der Waals surface area (Å²) in [5.74, 6) is 0.0125. The first-order valence-electron chi connectivity index (χ1n) is 12.0. The van der Waals surface area contributed by atoms with Crippen molar-refractivity contribution in [2.45, 2.75) is 83.5 Å². The van der Waals surface area contributed by atoms with Crippen molar-refractivity contribution < 1.29 is 19.1 Å². The molecule has 172 valence electrons. The van der Waals surface area contributed by atoms with E-state index >= 15 is 0 Å². The van der Waals surface area contributed by atoms with Crippen LogP contribution in [0.3, 0.4) is 0 Å². The smallest absolute Gasteiger partial charge is 0.255 e. The van der Waals surface area contributed by atoms with Gasteiger partial charge < -0.3 is 9.64 Å². The van der Waals surface area contributed by atoms with E-state index in [1.165, 1.54) is 25.7 Å². The highest BCUT2D eigenvalue weighted by molar-refractivity contribution is 6.05. The summed E-state index contributed by atoms with van der Waals surface area (Å²) in [5, 5.41) is 2.35. The Morgan fingerprint density at radius 3 is 2.59 bits per heavy atom. The molecule has 0 radical (unpaired) electrons. The van der Waals surface area contributed by atoms with E-state index < -0.39 is 6.04 Å². The molecule has 3 heterocycles. The van der Waals surface area contributed by atoms with Crippen molar-refractivity contribution in [2.75, 3.05) is 13.1 Å². The largest absolute Gasteiger partial charge is 0.489 e. The molecule has 1 aliphatic carbocycles. The number of likely N-dealkylation sites (tertiary alicyclic amines) is 1. The Morgan fingerprint density at radius 1 is 1.06 bits per heavy atom. The highest BCUT2D eigenvalue weighted by atomic mass is 16.5. The van der Waals surface area contributed by atoms with Crippen molar-refractivity contribution in [3.63, 3.8) is 0 Å². The summed E-state index contributed by atoms with van der Waals surface area (Å²) in [6.45, 7) is 7.37. The molecule has 1 saturated carbocycles. The standard InChI is InChI=1S/C25H33N3O4/c1-25(2)10-12-27(13-11-25)19-4-3-5-21(19)32-17-6-7-18-16(14-17)15-28(24(18)31)20-8-9-22(29)26-23(20)30/h6-7,14,19-21H,3-5,8-13,15H2,1-2H3,(H,26,29,30). The van der Waals surface area contributed by atoms with Crippen molar-refractivity contribution in [1.82, 2.24) is 15.1 Å². The molecule has 3 unspecified atom stereocenters. The molecule has 32 heavy (non-hydrogen) atoms. The summed E-state index contributed by atoms with van der Waals surface area (Å²) in [4.78, 5) is 40.8. The van der Waals surface area contributed by atoms with Crippen LogP contribution in [0.1, 0.15) is 74.7 Å². The maximum absolute atomic E-state index is 12.9. The molecule has 3 atom stereocenters. The number of amides is 3. The summed E-state index contributed by atoms with van der Waals surface area (Å²) >= 11 is 0. The molecule has 0 spiro atoms.